The van der Waals surface area contributed by atoms with Crippen molar-refractivity contribution in [3.8, 4) is 0 Å². The van der Waals surface area contributed by atoms with Crippen molar-refractivity contribution < 1.29 is 19.4 Å². The smallest absolute Gasteiger partial charge is 0.407 e. The SMILES string of the molecule is CCNCC[C@H](NC(=O)OC)C(=O)O. The molecule has 0 rings (SSSR count). The molecule has 6 heteroatoms. The van der Waals surface area contributed by atoms with Crippen LogP contribution < -0.4 is 10.6 Å². The van der Waals surface area contributed by atoms with E-state index in [9.17, 15) is 9.59 Å². The van der Waals surface area contributed by atoms with Crippen LogP contribution in [0.5, 0.6) is 0 Å². The Kier molecular flexibility index (Phi) is 6.47. The molecule has 0 aliphatic carbocycles. The number of alkyl carbamates (subject to hydrolysis) is 1. The maximum absolute atomic E-state index is 10.7. The maximum Gasteiger partial charge on any atom is 0.407 e. The molecule has 1 amide bonds. The van der Waals surface area contributed by atoms with Crippen LogP contribution in [0.3, 0.4) is 0 Å². The highest BCUT2D eigenvalue weighted by Crippen LogP contribution is 1.92. The second kappa shape index (κ2) is 7.14. The number of hydrogen-bond donors (Lipinski definition) is 3. The average molecular weight is 204 g/mol. The van der Waals surface area contributed by atoms with E-state index in [0.29, 0.717) is 13.0 Å². The molecular formula is C8H16N2O4. The second-order valence-corrected chi connectivity index (χ2v) is 2.67. The summed E-state index contributed by atoms with van der Waals surface area (Å²) in [5.74, 6) is -1.06. The standard InChI is InChI=1S/C8H16N2O4/c1-3-9-5-4-6(7(11)12)10-8(13)14-2/h6,9H,3-5H2,1-2H3,(H,10,13)(H,11,12)/t6-/m0/s1. The molecule has 0 heterocycles. The third-order valence-corrected chi connectivity index (χ3v) is 1.64. The second-order valence-electron chi connectivity index (χ2n) is 2.67. The first-order valence-corrected chi connectivity index (χ1v) is 4.39. The van der Waals surface area contributed by atoms with Crippen LogP contribution in [0.2, 0.25) is 0 Å². The predicted molar refractivity (Wildman–Crippen MR) is 50.1 cm³/mol. The van der Waals surface area contributed by atoms with Crippen molar-refractivity contribution in [2.75, 3.05) is 20.2 Å². The Labute approximate surface area is 82.6 Å². The summed E-state index contributed by atoms with van der Waals surface area (Å²) in [6, 6.07) is -0.901. The van der Waals surface area contributed by atoms with Gasteiger partial charge in [-0.1, -0.05) is 6.92 Å². The van der Waals surface area contributed by atoms with E-state index in [1.165, 1.54) is 7.11 Å². The number of carbonyl (C=O) groups is 2. The molecule has 6 nitrogen and oxygen atoms in total. The van der Waals surface area contributed by atoms with Gasteiger partial charge < -0.3 is 20.5 Å². The zero-order chi connectivity index (χ0) is 11.0. The number of aliphatic carboxylic acids is 1. The number of carboxylic acids is 1. The fourth-order valence-corrected chi connectivity index (χ4v) is 0.882. The fourth-order valence-electron chi connectivity index (χ4n) is 0.882. The van der Waals surface area contributed by atoms with E-state index in [2.05, 4.69) is 15.4 Å². The van der Waals surface area contributed by atoms with Crippen molar-refractivity contribution in [1.82, 2.24) is 10.6 Å². The molecule has 0 saturated heterocycles. The lowest BCUT2D eigenvalue weighted by Crippen LogP contribution is -2.42. The predicted octanol–water partition coefficient (Wildman–Crippen LogP) is -0.205. The first-order chi connectivity index (χ1) is 6.61. The normalized spacial score (nSPS) is 11.9. The molecule has 82 valence electrons. The molecule has 3 N–H and O–H groups in total. The van der Waals surface area contributed by atoms with E-state index in [-0.39, 0.29) is 0 Å². The zero-order valence-electron chi connectivity index (χ0n) is 8.37. The van der Waals surface area contributed by atoms with Gasteiger partial charge in [0.25, 0.3) is 0 Å². The van der Waals surface area contributed by atoms with Gasteiger partial charge in [0.1, 0.15) is 6.04 Å². The number of nitrogens with one attached hydrogen (secondary N) is 2. The summed E-state index contributed by atoms with van der Waals surface area (Å²) >= 11 is 0. The summed E-state index contributed by atoms with van der Waals surface area (Å²) in [7, 11) is 1.19. The Morgan fingerprint density at radius 3 is 2.57 bits per heavy atom. The van der Waals surface area contributed by atoms with E-state index < -0.39 is 18.1 Å². The van der Waals surface area contributed by atoms with Gasteiger partial charge in [0, 0.05) is 0 Å². The van der Waals surface area contributed by atoms with Crippen LogP contribution in [0, 0.1) is 0 Å². The van der Waals surface area contributed by atoms with Crippen LogP contribution in [0.1, 0.15) is 13.3 Å². The molecule has 0 aliphatic rings. The van der Waals surface area contributed by atoms with Crippen LogP contribution in [-0.4, -0.2) is 43.4 Å². The Hall–Kier alpha value is -1.30. The molecule has 0 aromatic heterocycles. The number of methoxy groups -OCH3 is 1. The highest BCUT2D eigenvalue weighted by Gasteiger charge is 2.19. The molecule has 0 fully saturated rings. The molecule has 0 bridgehead atoms. The summed E-state index contributed by atoms with van der Waals surface area (Å²) in [6.07, 6.45) is -0.396. The highest BCUT2D eigenvalue weighted by molar-refractivity contribution is 5.79. The van der Waals surface area contributed by atoms with Gasteiger partial charge in [0.05, 0.1) is 7.11 Å². The van der Waals surface area contributed by atoms with Crippen molar-refractivity contribution in [2.24, 2.45) is 0 Å². The van der Waals surface area contributed by atoms with Crippen molar-refractivity contribution in [3.05, 3.63) is 0 Å². The maximum atomic E-state index is 10.7. The third-order valence-electron chi connectivity index (χ3n) is 1.64. The molecule has 0 spiro atoms. The minimum Gasteiger partial charge on any atom is -0.480 e. The number of ether oxygens (including phenoxy) is 1. The van der Waals surface area contributed by atoms with Crippen LogP contribution >= 0.6 is 0 Å². The van der Waals surface area contributed by atoms with Crippen molar-refractivity contribution in [2.45, 2.75) is 19.4 Å². The van der Waals surface area contributed by atoms with E-state index >= 15 is 0 Å². The van der Waals surface area contributed by atoms with Crippen LogP contribution in [0.4, 0.5) is 4.79 Å². The fraction of sp³-hybridized carbons (Fsp3) is 0.750. The van der Waals surface area contributed by atoms with Gasteiger partial charge in [-0.05, 0) is 19.5 Å². The largest absolute Gasteiger partial charge is 0.480 e. The molecule has 0 unspecified atom stereocenters. The van der Waals surface area contributed by atoms with Crippen molar-refractivity contribution in [3.63, 3.8) is 0 Å². The van der Waals surface area contributed by atoms with Crippen LogP contribution in [0.25, 0.3) is 0 Å². The average Bonchev–Trinajstić information content (AvgIpc) is 2.16. The van der Waals surface area contributed by atoms with Crippen LogP contribution in [-0.2, 0) is 9.53 Å². The third kappa shape index (κ3) is 5.36. The van der Waals surface area contributed by atoms with Gasteiger partial charge >= 0.3 is 12.1 Å². The van der Waals surface area contributed by atoms with E-state index in [4.69, 9.17) is 5.11 Å². The van der Waals surface area contributed by atoms with Crippen molar-refractivity contribution >= 4 is 12.1 Å². The lowest BCUT2D eigenvalue weighted by atomic mass is 10.2. The molecular weight excluding hydrogens is 188 g/mol. The quantitative estimate of drug-likeness (QED) is 0.521. The Bertz CT molecular complexity index is 196. The Morgan fingerprint density at radius 1 is 1.50 bits per heavy atom. The minimum atomic E-state index is -1.06. The molecule has 1 atom stereocenters. The molecule has 0 aliphatic heterocycles. The first-order valence-electron chi connectivity index (χ1n) is 4.39. The number of carbonyl (C=O) groups excluding carboxylic acids is 1. The molecule has 0 aromatic carbocycles. The van der Waals surface area contributed by atoms with Gasteiger partial charge in [-0.15, -0.1) is 0 Å². The summed E-state index contributed by atoms with van der Waals surface area (Å²) in [5.41, 5.74) is 0. The molecule has 0 aromatic rings. The topological polar surface area (TPSA) is 87.7 Å². The molecule has 0 saturated carbocycles. The number of rotatable bonds is 6. The number of amides is 1. The van der Waals surface area contributed by atoms with Gasteiger partial charge in [-0.3, -0.25) is 0 Å². The zero-order valence-corrected chi connectivity index (χ0v) is 8.37. The van der Waals surface area contributed by atoms with Gasteiger partial charge in [0.2, 0.25) is 0 Å². The van der Waals surface area contributed by atoms with E-state index in [1.54, 1.807) is 0 Å². The van der Waals surface area contributed by atoms with Crippen molar-refractivity contribution in [1.29, 1.82) is 0 Å². The minimum absolute atomic E-state index is 0.332. The number of carboxylic acid groups (broad SMARTS) is 1. The lowest BCUT2D eigenvalue weighted by molar-refractivity contribution is -0.139. The summed E-state index contributed by atoms with van der Waals surface area (Å²) < 4.78 is 4.30. The summed E-state index contributed by atoms with van der Waals surface area (Å²) in [5, 5.41) is 13.9. The van der Waals surface area contributed by atoms with Gasteiger partial charge in [0.15, 0.2) is 0 Å². The molecule has 14 heavy (non-hydrogen) atoms. The Balaban J connectivity index is 3.90. The first kappa shape index (κ1) is 12.7. The Morgan fingerprint density at radius 2 is 2.14 bits per heavy atom. The molecule has 0 radical (unpaired) electrons. The lowest BCUT2D eigenvalue weighted by Gasteiger charge is -2.13. The monoisotopic (exact) mass is 204 g/mol. The highest BCUT2D eigenvalue weighted by atomic mass is 16.5. The van der Waals surface area contributed by atoms with Crippen LogP contribution in [0.15, 0.2) is 0 Å². The van der Waals surface area contributed by atoms with Gasteiger partial charge in [-0.2, -0.15) is 0 Å². The summed E-state index contributed by atoms with van der Waals surface area (Å²) in [6.45, 7) is 3.23. The van der Waals surface area contributed by atoms with E-state index in [0.717, 1.165) is 6.54 Å². The number of hydrogen-bond acceptors (Lipinski definition) is 4. The van der Waals surface area contributed by atoms with E-state index in [1.807, 2.05) is 6.92 Å². The summed E-state index contributed by atoms with van der Waals surface area (Å²) in [4.78, 5) is 21.4. The van der Waals surface area contributed by atoms with Gasteiger partial charge in [-0.25, -0.2) is 9.59 Å².